The molecule has 2 aromatic rings. The van der Waals surface area contributed by atoms with Crippen molar-refractivity contribution in [1.82, 2.24) is 0 Å². The molecule has 0 amide bonds. The summed E-state index contributed by atoms with van der Waals surface area (Å²) < 4.78 is 77.6. The van der Waals surface area contributed by atoms with E-state index in [9.17, 15) is 22.8 Å². The van der Waals surface area contributed by atoms with Gasteiger partial charge in [-0.1, -0.05) is 43.3 Å². The second-order valence-electron chi connectivity index (χ2n) is 10.5. The van der Waals surface area contributed by atoms with E-state index in [1.54, 1.807) is 31.2 Å². The number of benzene rings is 2. The van der Waals surface area contributed by atoms with Gasteiger partial charge in [0.1, 0.15) is 11.7 Å². The van der Waals surface area contributed by atoms with Crippen LogP contribution in [0.15, 0.2) is 66.8 Å². The average Bonchev–Trinajstić information content (AvgIpc) is 3.51. The molecule has 1 fully saturated rings. The summed E-state index contributed by atoms with van der Waals surface area (Å²) in [7, 11) is 3.62. The molecule has 1 aliphatic heterocycles. The Labute approximate surface area is 241 Å². The molecule has 42 heavy (non-hydrogen) atoms. The van der Waals surface area contributed by atoms with Crippen LogP contribution in [0.4, 0.5) is 13.2 Å². The van der Waals surface area contributed by atoms with Crippen LogP contribution in [0.25, 0.3) is 0 Å². The van der Waals surface area contributed by atoms with Crippen molar-refractivity contribution in [2.24, 2.45) is 11.8 Å². The number of rotatable bonds is 9. The van der Waals surface area contributed by atoms with Gasteiger partial charge < -0.3 is 28.4 Å². The molecule has 0 unspecified atom stereocenters. The van der Waals surface area contributed by atoms with E-state index in [4.69, 9.17) is 28.4 Å². The minimum Gasteiger partial charge on any atom is -0.493 e. The lowest BCUT2D eigenvalue weighted by Gasteiger charge is -2.41. The molecular weight excluding hydrogens is 557 g/mol. The molecule has 0 N–H and O–H groups in total. The number of ether oxygens (including phenoxy) is 6. The Morgan fingerprint density at radius 1 is 1.12 bits per heavy atom. The highest BCUT2D eigenvalue weighted by Crippen LogP contribution is 2.59. The molecule has 1 heterocycles. The van der Waals surface area contributed by atoms with E-state index in [2.05, 4.69) is 6.58 Å². The molecule has 0 saturated heterocycles. The summed E-state index contributed by atoms with van der Waals surface area (Å²) in [5.74, 6) is -3.27. The van der Waals surface area contributed by atoms with Crippen LogP contribution in [-0.4, -0.2) is 57.8 Å². The number of Topliss-reactive ketones (excluding diaryl/α,β-unsaturated/α-hetero) is 1. The van der Waals surface area contributed by atoms with Crippen molar-refractivity contribution >= 4 is 11.8 Å². The molecule has 3 aliphatic rings. The van der Waals surface area contributed by atoms with E-state index >= 15 is 0 Å². The first-order valence-corrected chi connectivity index (χ1v) is 13.3. The molecule has 0 radical (unpaired) electrons. The Morgan fingerprint density at radius 2 is 1.83 bits per heavy atom. The molecule has 8 nitrogen and oxygen atoms in total. The van der Waals surface area contributed by atoms with Gasteiger partial charge in [0, 0.05) is 31.6 Å². The SMILES string of the molecule is C=CCC1=C[C@]2(OC)[C@H](C)[C@@H](c3cc(OC)c4c(c3)OCO4)[C@H](C1=O)[C@H]2OC(=O)[C@](OC)(c1ccccc1)C(F)(F)F. The van der Waals surface area contributed by atoms with Gasteiger partial charge in [-0.15, -0.1) is 6.58 Å². The van der Waals surface area contributed by atoms with Crippen LogP contribution in [0.1, 0.15) is 30.4 Å². The van der Waals surface area contributed by atoms with E-state index in [-0.39, 0.29) is 19.0 Å². The number of alkyl halides is 3. The zero-order valence-electron chi connectivity index (χ0n) is 23.5. The first kappa shape index (κ1) is 29.7. The Hall–Kier alpha value is -3.83. The monoisotopic (exact) mass is 588 g/mol. The van der Waals surface area contributed by atoms with E-state index in [0.29, 0.717) is 28.4 Å². The molecule has 0 spiro atoms. The number of allylic oxidation sites excluding steroid dienone is 2. The number of esters is 1. The molecule has 1 saturated carbocycles. The Bertz CT molecular complexity index is 1420. The normalized spacial score (nSPS) is 27.7. The van der Waals surface area contributed by atoms with Gasteiger partial charge in [0.25, 0.3) is 5.60 Å². The summed E-state index contributed by atoms with van der Waals surface area (Å²) in [5, 5.41) is 0. The molecule has 0 aromatic heterocycles. The maximum Gasteiger partial charge on any atom is 0.432 e. The van der Waals surface area contributed by atoms with Crippen LogP contribution in [0.5, 0.6) is 17.2 Å². The van der Waals surface area contributed by atoms with Gasteiger partial charge in [0.15, 0.2) is 17.3 Å². The van der Waals surface area contributed by atoms with Crippen molar-refractivity contribution < 1.29 is 51.2 Å². The summed E-state index contributed by atoms with van der Waals surface area (Å²) in [4.78, 5) is 27.8. The molecular formula is C31H31F3O8. The minimum atomic E-state index is -5.20. The molecule has 6 atom stereocenters. The topological polar surface area (TPSA) is 89.5 Å². The second-order valence-corrected chi connectivity index (χ2v) is 10.5. The van der Waals surface area contributed by atoms with E-state index < -0.39 is 52.8 Å². The van der Waals surface area contributed by atoms with Gasteiger partial charge in [-0.05, 0) is 35.8 Å². The van der Waals surface area contributed by atoms with Crippen LogP contribution in [0.3, 0.4) is 0 Å². The summed E-state index contributed by atoms with van der Waals surface area (Å²) in [6.45, 7) is 5.51. The minimum absolute atomic E-state index is 0.0267. The first-order valence-electron chi connectivity index (χ1n) is 13.3. The Kier molecular flexibility index (Phi) is 7.61. The quantitative estimate of drug-likeness (QED) is 0.290. The fraction of sp³-hybridized carbons (Fsp3) is 0.419. The molecule has 2 aliphatic carbocycles. The molecule has 2 aromatic carbocycles. The lowest BCUT2D eigenvalue weighted by atomic mass is 9.78. The highest BCUT2D eigenvalue weighted by Gasteiger charge is 2.69. The zero-order chi connectivity index (χ0) is 30.4. The van der Waals surface area contributed by atoms with Gasteiger partial charge in [0.05, 0.1) is 13.0 Å². The summed E-state index contributed by atoms with van der Waals surface area (Å²) in [5.41, 5.74) is -4.41. The van der Waals surface area contributed by atoms with Gasteiger partial charge in [-0.3, -0.25) is 4.79 Å². The van der Waals surface area contributed by atoms with Crippen molar-refractivity contribution in [1.29, 1.82) is 0 Å². The highest BCUT2D eigenvalue weighted by atomic mass is 19.4. The predicted octanol–water partition coefficient (Wildman–Crippen LogP) is 5.26. The third kappa shape index (κ3) is 4.20. The van der Waals surface area contributed by atoms with Crippen molar-refractivity contribution in [2.45, 2.75) is 42.7 Å². The van der Waals surface area contributed by atoms with Crippen molar-refractivity contribution in [3.8, 4) is 17.2 Å². The summed E-state index contributed by atoms with van der Waals surface area (Å²) in [6, 6.07) is 9.91. The summed E-state index contributed by atoms with van der Waals surface area (Å²) in [6.07, 6.45) is -3.31. The van der Waals surface area contributed by atoms with Crippen molar-refractivity contribution in [2.75, 3.05) is 28.1 Å². The number of carbonyl (C=O) groups excluding carboxylic acids is 2. The third-order valence-corrected chi connectivity index (χ3v) is 8.62. The van der Waals surface area contributed by atoms with Crippen LogP contribution in [-0.2, 0) is 29.4 Å². The van der Waals surface area contributed by atoms with Gasteiger partial charge in [0.2, 0.25) is 12.5 Å². The van der Waals surface area contributed by atoms with Gasteiger partial charge in [-0.25, -0.2) is 4.79 Å². The summed E-state index contributed by atoms with van der Waals surface area (Å²) >= 11 is 0. The zero-order valence-corrected chi connectivity index (χ0v) is 23.5. The van der Waals surface area contributed by atoms with Crippen LogP contribution >= 0.6 is 0 Å². The standard InChI is InChI=1S/C31H31F3O8/c1-6-10-18-15-29(38-4)17(2)23(19-13-21(37-3)26-22(14-19)40-16-41-26)24(25(18)35)27(29)42-28(36)30(39-5,31(32,33)34)20-11-8-7-9-12-20/h6-9,11-15,17,23-24,27H,1,10,16H2,2-5H3/t17-,23+,24-,27-,29+,30-/m1/s1. The lowest BCUT2D eigenvalue weighted by molar-refractivity contribution is -0.281. The van der Waals surface area contributed by atoms with Crippen LogP contribution in [0.2, 0.25) is 0 Å². The Balaban J connectivity index is 1.66. The molecule has 224 valence electrons. The largest absolute Gasteiger partial charge is 0.493 e. The second kappa shape index (κ2) is 10.8. The predicted molar refractivity (Wildman–Crippen MR) is 143 cm³/mol. The number of carbonyl (C=O) groups is 2. The molecule has 11 heteroatoms. The average molecular weight is 589 g/mol. The Morgan fingerprint density at radius 3 is 2.43 bits per heavy atom. The number of methoxy groups -OCH3 is 3. The van der Waals surface area contributed by atoms with Crippen molar-refractivity contribution in [3.63, 3.8) is 0 Å². The lowest BCUT2D eigenvalue weighted by Crippen LogP contribution is -2.57. The molecule has 5 rings (SSSR count). The van der Waals surface area contributed by atoms with Gasteiger partial charge in [-0.2, -0.15) is 13.2 Å². The van der Waals surface area contributed by atoms with E-state index in [1.165, 1.54) is 32.4 Å². The van der Waals surface area contributed by atoms with Crippen molar-refractivity contribution in [3.05, 3.63) is 77.9 Å². The van der Waals surface area contributed by atoms with E-state index in [0.717, 1.165) is 19.2 Å². The maximum absolute atomic E-state index is 14.7. The van der Waals surface area contributed by atoms with E-state index in [1.807, 2.05) is 0 Å². The van der Waals surface area contributed by atoms with Gasteiger partial charge >= 0.3 is 12.1 Å². The molecule has 2 bridgehead atoms. The third-order valence-electron chi connectivity index (χ3n) is 8.62. The maximum atomic E-state index is 14.7. The fourth-order valence-corrected chi connectivity index (χ4v) is 6.66. The number of hydrogen-bond acceptors (Lipinski definition) is 8. The number of ketones is 1. The fourth-order valence-electron chi connectivity index (χ4n) is 6.66. The highest BCUT2D eigenvalue weighted by molar-refractivity contribution is 6.01. The number of halogens is 3. The first-order chi connectivity index (χ1) is 20.0. The smallest absolute Gasteiger partial charge is 0.432 e. The number of fused-ring (bicyclic) bond motifs is 3. The number of hydrogen-bond donors (Lipinski definition) is 0. The van der Waals surface area contributed by atoms with Crippen LogP contribution in [0, 0.1) is 11.8 Å². The van der Waals surface area contributed by atoms with Crippen LogP contribution < -0.4 is 14.2 Å².